The Hall–Kier alpha value is -0.580. The molecule has 1 aromatic carbocycles. The fraction of sp³-hybridized carbons (Fsp3) is 0.500. The first kappa shape index (κ1) is 13.5. The molecule has 90 valence electrons. The van der Waals surface area contributed by atoms with Crippen LogP contribution in [0.15, 0.2) is 22.7 Å². The zero-order valence-corrected chi connectivity index (χ0v) is 11.4. The van der Waals surface area contributed by atoms with Gasteiger partial charge in [0.2, 0.25) is 0 Å². The van der Waals surface area contributed by atoms with E-state index in [2.05, 4.69) is 35.1 Å². The first-order valence-corrected chi connectivity index (χ1v) is 6.08. The number of nitrogens with one attached hydrogen (secondary N) is 1. The second-order valence-electron chi connectivity index (χ2n) is 3.95. The lowest BCUT2D eigenvalue weighted by atomic mass is 10.1. The van der Waals surface area contributed by atoms with Crippen LogP contribution in [-0.4, -0.2) is 24.9 Å². The molecular weight excluding hydrogens is 270 g/mol. The number of benzene rings is 1. The number of halogens is 1. The van der Waals surface area contributed by atoms with Crippen molar-refractivity contribution in [2.24, 2.45) is 0 Å². The van der Waals surface area contributed by atoms with Crippen LogP contribution in [0.25, 0.3) is 0 Å². The first-order chi connectivity index (χ1) is 7.58. The smallest absolute Gasteiger partial charge is 0.133 e. The Morgan fingerprint density at radius 1 is 1.44 bits per heavy atom. The van der Waals surface area contributed by atoms with Crippen LogP contribution in [0.3, 0.4) is 0 Å². The second-order valence-corrected chi connectivity index (χ2v) is 4.80. The van der Waals surface area contributed by atoms with Gasteiger partial charge in [-0.05, 0) is 33.6 Å². The number of aliphatic hydroxyl groups excluding tert-OH is 1. The van der Waals surface area contributed by atoms with E-state index in [4.69, 9.17) is 4.74 Å². The van der Waals surface area contributed by atoms with E-state index < -0.39 is 0 Å². The topological polar surface area (TPSA) is 41.5 Å². The number of aliphatic hydroxyl groups is 1. The molecule has 1 rings (SSSR count). The summed E-state index contributed by atoms with van der Waals surface area (Å²) in [5.74, 6) is 0.796. The average Bonchev–Trinajstić information content (AvgIpc) is 2.25. The molecule has 0 heterocycles. The van der Waals surface area contributed by atoms with Gasteiger partial charge in [0.25, 0.3) is 0 Å². The van der Waals surface area contributed by atoms with Crippen LogP contribution in [0.2, 0.25) is 0 Å². The van der Waals surface area contributed by atoms with Gasteiger partial charge in [0.1, 0.15) is 5.75 Å². The third kappa shape index (κ3) is 3.47. The summed E-state index contributed by atoms with van der Waals surface area (Å²) in [6.07, 6.45) is 0. The minimum Gasteiger partial charge on any atom is -0.496 e. The summed E-state index contributed by atoms with van der Waals surface area (Å²) in [4.78, 5) is 0. The summed E-state index contributed by atoms with van der Waals surface area (Å²) >= 11 is 3.44. The quantitative estimate of drug-likeness (QED) is 0.874. The van der Waals surface area contributed by atoms with Crippen LogP contribution in [0.5, 0.6) is 5.75 Å². The summed E-state index contributed by atoms with van der Waals surface area (Å²) in [7, 11) is 1.63. The van der Waals surface area contributed by atoms with E-state index >= 15 is 0 Å². The minimum atomic E-state index is -0.0396. The number of hydrogen-bond acceptors (Lipinski definition) is 3. The van der Waals surface area contributed by atoms with E-state index in [1.807, 2.05) is 18.2 Å². The number of ether oxygens (including phenoxy) is 1. The minimum absolute atomic E-state index is 0.0396. The second kappa shape index (κ2) is 6.23. The van der Waals surface area contributed by atoms with Gasteiger partial charge < -0.3 is 15.2 Å². The van der Waals surface area contributed by atoms with E-state index in [0.717, 1.165) is 15.8 Å². The van der Waals surface area contributed by atoms with E-state index in [1.54, 1.807) is 7.11 Å². The summed E-state index contributed by atoms with van der Waals surface area (Å²) in [6.45, 7) is 4.19. The Kier molecular flexibility index (Phi) is 5.25. The zero-order chi connectivity index (χ0) is 12.1. The molecule has 0 spiro atoms. The number of rotatable bonds is 5. The number of methoxy groups -OCH3 is 1. The van der Waals surface area contributed by atoms with Gasteiger partial charge in [0.05, 0.1) is 24.2 Å². The molecule has 16 heavy (non-hydrogen) atoms. The van der Waals surface area contributed by atoms with Crippen LogP contribution in [-0.2, 0) is 0 Å². The summed E-state index contributed by atoms with van der Waals surface area (Å²) in [6, 6.07) is 6.11. The lowest BCUT2D eigenvalue weighted by Crippen LogP contribution is -2.30. The molecular formula is C12H18BrNO2. The van der Waals surface area contributed by atoms with E-state index in [9.17, 15) is 5.11 Å². The summed E-state index contributed by atoms with van der Waals surface area (Å²) < 4.78 is 6.06. The maximum Gasteiger partial charge on any atom is 0.133 e. The summed E-state index contributed by atoms with van der Waals surface area (Å²) in [5, 5.41) is 12.6. The average molecular weight is 288 g/mol. The molecule has 3 nitrogen and oxygen atoms in total. The fourth-order valence-corrected chi connectivity index (χ4v) is 2.11. The molecule has 0 radical (unpaired) electrons. The molecule has 4 heteroatoms. The van der Waals surface area contributed by atoms with Gasteiger partial charge in [-0.3, -0.25) is 0 Å². The SMILES string of the molecule is COc1ccc(C(CO)NC(C)C)cc1Br. The van der Waals surface area contributed by atoms with Crippen molar-refractivity contribution < 1.29 is 9.84 Å². The van der Waals surface area contributed by atoms with Gasteiger partial charge in [-0.25, -0.2) is 0 Å². The van der Waals surface area contributed by atoms with Crippen LogP contribution in [0, 0.1) is 0 Å². The Morgan fingerprint density at radius 3 is 2.56 bits per heavy atom. The molecule has 0 aliphatic heterocycles. The predicted octanol–water partition coefficient (Wildman–Crippen LogP) is 2.49. The van der Waals surface area contributed by atoms with Crippen LogP contribution >= 0.6 is 15.9 Å². The Balaban J connectivity index is 2.89. The van der Waals surface area contributed by atoms with Crippen LogP contribution in [0.4, 0.5) is 0 Å². The van der Waals surface area contributed by atoms with Crippen molar-refractivity contribution in [3.63, 3.8) is 0 Å². The third-order valence-electron chi connectivity index (χ3n) is 2.30. The number of hydrogen-bond donors (Lipinski definition) is 2. The van der Waals surface area contributed by atoms with Gasteiger partial charge in [0.15, 0.2) is 0 Å². The highest BCUT2D eigenvalue weighted by Crippen LogP contribution is 2.28. The standard InChI is InChI=1S/C12H18BrNO2/c1-8(2)14-11(7-15)9-4-5-12(16-3)10(13)6-9/h4-6,8,11,14-15H,7H2,1-3H3. The molecule has 1 aromatic rings. The van der Waals surface area contributed by atoms with Gasteiger partial charge in [-0.1, -0.05) is 19.9 Å². The largest absolute Gasteiger partial charge is 0.496 e. The van der Waals surface area contributed by atoms with Crippen molar-refractivity contribution in [3.05, 3.63) is 28.2 Å². The molecule has 0 saturated heterocycles. The molecule has 0 aliphatic rings. The fourth-order valence-electron chi connectivity index (χ4n) is 1.56. The van der Waals surface area contributed by atoms with Crippen molar-refractivity contribution in [2.75, 3.05) is 13.7 Å². The predicted molar refractivity (Wildman–Crippen MR) is 68.8 cm³/mol. The lowest BCUT2D eigenvalue weighted by molar-refractivity contribution is 0.237. The van der Waals surface area contributed by atoms with Crippen LogP contribution in [0.1, 0.15) is 25.5 Å². The lowest BCUT2D eigenvalue weighted by Gasteiger charge is -2.20. The van der Waals surface area contributed by atoms with Gasteiger partial charge >= 0.3 is 0 Å². The van der Waals surface area contributed by atoms with E-state index in [1.165, 1.54) is 0 Å². The normalized spacial score (nSPS) is 12.9. The Bertz CT molecular complexity index is 342. The molecule has 2 N–H and O–H groups in total. The van der Waals surface area contributed by atoms with E-state index in [-0.39, 0.29) is 12.6 Å². The van der Waals surface area contributed by atoms with Gasteiger partial charge in [-0.2, -0.15) is 0 Å². The highest BCUT2D eigenvalue weighted by molar-refractivity contribution is 9.10. The molecule has 0 aliphatic carbocycles. The summed E-state index contributed by atoms with van der Waals surface area (Å²) in [5.41, 5.74) is 1.05. The maximum atomic E-state index is 9.34. The monoisotopic (exact) mass is 287 g/mol. The van der Waals surface area contributed by atoms with Gasteiger partial charge in [0, 0.05) is 6.04 Å². The third-order valence-corrected chi connectivity index (χ3v) is 2.92. The van der Waals surface area contributed by atoms with Crippen molar-refractivity contribution in [1.29, 1.82) is 0 Å². The molecule has 0 bridgehead atoms. The molecule has 0 aromatic heterocycles. The van der Waals surface area contributed by atoms with Crippen molar-refractivity contribution >= 4 is 15.9 Å². The van der Waals surface area contributed by atoms with E-state index in [0.29, 0.717) is 6.04 Å². The van der Waals surface area contributed by atoms with Crippen molar-refractivity contribution in [3.8, 4) is 5.75 Å². The molecule has 0 amide bonds. The van der Waals surface area contributed by atoms with Crippen molar-refractivity contribution in [1.82, 2.24) is 5.32 Å². The maximum absolute atomic E-state index is 9.34. The molecule has 1 unspecified atom stereocenters. The molecule has 1 atom stereocenters. The molecule has 0 fully saturated rings. The van der Waals surface area contributed by atoms with Crippen LogP contribution < -0.4 is 10.1 Å². The highest BCUT2D eigenvalue weighted by Gasteiger charge is 2.12. The molecule has 0 saturated carbocycles. The van der Waals surface area contributed by atoms with Crippen molar-refractivity contribution in [2.45, 2.75) is 25.9 Å². The Morgan fingerprint density at radius 2 is 2.12 bits per heavy atom. The zero-order valence-electron chi connectivity index (χ0n) is 9.83. The highest BCUT2D eigenvalue weighted by atomic mass is 79.9. The first-order valence-electron chi connectivity index (χ1n) is 5.28. The van der Waals surface area contributed by atoms with Gasteiger partial charge in [-0.15, -0.1) is 0 Å². The Labute approximate surface area is 105 Å².